The zero-order chi connectivity index (χ0) is 13.7. The fourth-order valence-corrected chi connectivity index (χ4v) is 1.90. The molecule has 2 aromatic carbocycles. The lowest BCUT2D eigenvalue weighted by molar-refractivity contribution is 0.482. The molecule has 0 amide bonds. The molecule has 2 N–H and O–H groups in total. The van der Waals surface area contributed by atoms with Crippen molar-refractivity contribution >= 4 is 0 Å². The topological polar surface area (TPSA) is 35.2 Å². The Morgan fingerprint density at radius 2 is 1.63 bits per heavy atom. The van der Waals surface area contributed by atoms with Gasteiger partial charge in [0.15, 0.2) is 0 Å². The highest BCUT2D eigenvalue weighted by molar-refractivity contribution is 5.34. The van der Waals surface area contributed by atoms with Gasteiger partial charge in [0.2, 0.25) is 0 Å². The first-order valence-corrected chi connectivity index (χ1v) is 6.38. The minimum Gasteiger partial charge on any atom is -0.457 e. The lowest BCUT2D eigenvalue weighted by Crippen LogP contribution is -2.10. The molecule has 0 unspecified atom stereocenters. The van der Waals surface area contributed by atoms with Crippen LogP contribution in [0.4, 0.5) is 0 Å². The maximum Gasteiger partial charge on any atom is 0.127 e. The molecule has 98 valence electrons. The van der Waals surface area contributed by atoms with Gasteiger partial charge in [-0.25, -0.2) is 0 Å². The molecule has 0 saturated heterocycles. The van der Waals surface area contributed by atoms with Gasteiger partial charge in [-0.05, 0) is 43.2 Å². The van der Waals surface area contributed by atoms with E-state index >= 15 is 0 Å². The summed E-state index contributed by atoms with van der Waals surface area (Å²) in [5.41, 5.74) is 8.29. The predicted octanol–water partition coefficient (Wildman–Crippen LogP) is 4.44. The standard InChI is InChI=1S/C17H19NO/c1-13(2)12-17(18)14-8-10-16(11-9-14)19-15-6-4-3-5-7-15/h3-11,17H,1,12,18H2,2H3/t17-/m0/s1. The molecule has 19 heavy (non-hydrogen) atoms. The monoisotopic (exact) mass is 253 g/mol. The van der Waals surface area contributed by atoms with E-state index in [9.17, 15) is 0 Å². The summed E-state index contributed by atoms with van der Waals surface area (Å²) in [5, 5.41) is 0. The molecule has 2 heteroatoms. The first-order chi connectivity index (χ1) is 9.15. The summed E-state index contributed by atoms with van der Waals surface area (Å²) in [6.07, 6.45) is 0.804. The summed E-state index contributed by atoms with van der Waals surface area (Å²) < 4.78 is 5.74. The molecule has 0 aromatic heterocycles. The Kier molecular flexibility index (Phi) is 4.37. The fourth-order valence-electron chi connectivity index (χ4n) is 1.90. The van der Waals surface area contributed by atoms with Crippen molar-refractivity contribution in [3.63, 3.8) is 0 Å². The first kappa shape index (κ1) is 13.4. The summed E-state index contributed by atoms with van der Waals surface area (Å²) in [6.45, 7) is 5.88. The minimum absolute atomic E-state index is 0.00303. The van der Waals surface area contributed by atoms with Crippen molar-refractivity contribution in [2.75, 3.05) is 0 Å². The SMILES string of the molecule is C=C(C)C[C@H](N)c1ccc(Oc2ccccc2)cc1. The van der Waals surface area contributed by atoms with Crippen LogP contribution in [0.3, 0.4) is 0 Å². The molecule has 1 atom stereocenters. The minimum atomic E-state index is 0.00303. The maximum atomic E-state index is 6.10. The van der Waals surface area contributed by atoms with Crippen LogP contribution in [0.2, 0.25) is 0 Å². The van der Waals surface area contributed by atoms with E-state index in [1.165, 1.54) is 0 Å². The van der Waals surface area contributed by atoms with Gasteiger partial charge in [-0.15, -0.1) is 6.58 Å². The number of hydrogen-bond donors (Lipinski definition) is 1. The van der Waals surface area contributed by atoms with Gasteiger partial charge in [0.1, 0.15) is 11.5 Å². The molecule has 0 heterocycles. The highest BCUT2D eigenvalue weighted by Gasteiger charge is 2.06. The Labute approximate surface area is 114 Å². The summed E-state index contributed by atoms with van der Waals surface area (Å²) >= 11 is 0. The highest BCUT2D eigenvalue weighted by atomic mass is 16.5. The van der Waals surface area contributed by atoms with Gasteiger partial charge in [0.05, 0.1) is 0 Å². The van der Waals surface area contributed by atoms with Crippen LogP contribution in [-0.2, 0) is 0 Å². The third kappa shape index (κ3) is 3.97. The number of para-hydroxylation sites is 1. The van der Waals surface area contributed by atoms with Crippen molar-refractivity contribution in [1.82, 2.24) is 0 Å². The highest BCUT2D eigenvalue weighted by Crippen LogP contribution is 2.24. The van der Waals surface area contributed by atoms with Crippen molar-refractivity contribution in [2.45, 2.75) is 19.4 Å². The van der Waals surface area contributed by atoms with E-state index in [0.29, 0.717) is 0 Å². The average molecular weight is 253 g/mol. The van der Waals surface area contributed by atoms with Gasteiger partial charge in [0, 0.05) is 6.04 Å². The summed E-state index contributed by atoms with van der Waals surface area (Å²) in [6, 6.07) is 17.6. The second-order valence-electron chi connectivity index (χ2n) is 4.75. The van der Waals surface area contributed by atoms with Crippen LogP contribution in [0, 0.1) is 0 Å². The molecule has 2 rings (SSSR count). The van der Waals surface area contributed by atoms with Crippen LogP contribution < -0.4 is 10.5 Å². The maximum absolute atomic E-state index is 6.10. The largest absolute Gasteiger partial charge is 0.457 e. The Balaban J connectivity index is 2.04. The van der Waals surface area contributed by atoms with Gasteiger partial charge in [0.25, 0.3) is 0 Å². The van der Waals surface area contributed by atoms with Gasteiger partial charge in [-0.1, -0.05) is 35.9 Å². The molecule has 0 bridgehead atoms. The van der Waals surface area contributed by atoms with Gasteiger partial charge >= 0.3 is 0 Å². The zero-order valence-electron chi connectivity index (χ0n) is 11.2. The Bertz CT molecular complexity index is 531. The summed E-state index contributed by atoms with van der Waals surface area (Å²) in [7, 11) is 0. The molecular weight excluding hydrogens is 234 g/mol. The van der Waals surface area contributed by atoms with Crippen LogP contribution in [-0.4, -0.2) is 0 Å². The van der Waals surface area contributed by atoms with Crippen LogP contribution in [0.25, 0.3) is 0 Å². The molecule has 0 radical (unpaired) electrons. The van der Waals surface area contributed by atoms with E-state index in [4.69, 9.17) is 10.5 Å². The number of benzene rings is 2. The van der Waals surface area contributed by atoms with Crippen molar-refractivity contribution in [1.29, 1.82) is 0 Å². The quantitative estimate of drug-likeness (QED) is 0.799. The van der Waals surface area contributed by atoms with Crippen molar-refractivity contribution in [3.8, 4) is 11.5 Å². The van der Waals surface area contributed by atoms with Crippen molar-refractivity contribution in [2.24, 2.45) is 5.73 Å². The number of ether oxygens (including phenoxy) is 1. The smallest absolute Gasteiger partial charge is 0.127 e. The van der Waals surface area contributed by atoms with Gasteiger partial charge in [-0.2, -0.15) is 0 Å². The Morgan fingerprint density at radius 3 is 2.21 bits per heavy atom. The van der Waals surface area contributed by atoms with Crippen LogP contribution in [0.1, 0.15) is 24.9 Å². The first-order valence-electron chi connectivity index (χ1n) is 6.38. The lowest BCUT2D eigenvalue weighted by Gasteiger charge is -2.12. The second-order valence-corrected chi connectivity index (χ2v) is 4.75. The normalized spacial score (nSPS) is 11.9. The Hall–Kier alpha value is -2.06. The molecule has 2 aromatic rings. The molecular formula is C17H19NO. The van der Waals surface area contributed by atoms with Gasteiger partial charge < -0.3 is 10.5 Å². The molecule has 0 saturated carbocycles. The Morgan fingerprint density at radius 1 is 1.05 bits per heavy atom. The van der Waals surface area contributed by atoms with E-state index in [1.807, 2.05) is 61.5 Å². The van der Waals surface area contributed by atoms with Crippen LogP contribution >= 0.6 is 0 Å². The molecule has 0 aliphatic heterocycles. The molecule has 0 fully saturated rings. The number of rotatable bonds is 5. The van der Waals surface area contributed by atoms with E-state index in [1.54, 1.807) is 0 Å². The van der Waals surface area contributed by atoms with Crippen LogP contribution in [0.5, 0.6) is 11.5 Å². The summed E-state index contributed by atoms with van der Waals surface area (Å²) in [5.74, 6) is 1.65. The average Bonchev–Trinajstić information content (AvgIpc) is 2.40. The van der Waals surface area contributed by atoms with E-state index in [0.717, 1.165) is 29.1 Å². The molecule has 2 nitrogen and oxygen atoms in total. The molecule has 0 spiro atoms. The third-order valence-electron chi connectivity index (χ3n) is 2.86. The van der Waals surface area contributed by atoms with Gasteiger partial charge in [-0.3, -0.25) is 0 Å². The number of nitrogens with two attached hydrogens (primary N) is 1. The summed E-state index contributed by atoms with van der Waals surface area (Å²) in [4.78, 5) is 0. The van der Waals surface area contributed by atoms with Crippen molar-refractivity contribution in [3.05, 3.63) is 72.3 Å². The number of hydrogen-bond acceptors (Lipinski definition) is 2. The van der Waals surface area contributed by atoms with Crippen LogP contribution in [0.15, 0.2) is 66.7 Å². The van der Waals surface area contributed by atoms with E-state index < -0.39 is 0 Å². The zero-order valence-corrected chi connectivity index (χ0v) is 11.2. The van der Waals surface area contributed by atoms with Crippen molar-refractivity contribution < 1.29 is 4.74 Å². The molecule has 0 aliphatic carbocycles. The lowest BCUT2D eigenvalue weighted by atomic mass is 10.0. The van der Waals surface area contributed by atoms with E-state index in [2.05, 4.69) is 6.58 Å². The fraction of sp³-hybridized carbons (Fsp3) is 0.176. The van der Waals surface area contributed by atoms with E-state index in [-0.39, 0.29) is 6.04 Å². The molecule has 0 aliphatic rings. The third-order valence-corrected chi connectivity index (χ3v) is 2.86. The predicted molar refractivity (Wildman–Crippen MR) is 79.3 cm³/mol. The second kappa shape index (κ2) is 6.21.